The molecule has 3 unspecified atom stereocenters. The molecule has 0 radical (unpaired) electrons. The topological polar surface area (TPSA) is 121 Å². The van der Waals surface area contributed by atoms with Gasteiger partial charge in [-0.05, 0) is 6.92 Å². The average molecular weight is 406 g/mol. The second kappa shape index (κ2) is 4.73. The lowest BCUT2D eigenvalue weighted by atomic mass is 9.97. The summed E-state index contributed by atoms with van der Waals surface area (Å²) in [4.78, 5) is 11.1. The quantitative estimate of drug-likeness (QED) is 0.302. The van der Waals surface area contributed by atoms with Crippen molar-refractivity contribution < 1.29 is 19.5 Å². The van der Waals surface area contributed by atoms with Gasteiger partial charge in [-0.1, -0.05) is 27.6 Å². The lowest BCUT2D eigenvalue weighted by molar-refractivity contribution is -0.792. The Morgan fingerprint density at radius 2 is 2.14 bits per heavy atom. The second-order valence-electron chi connectivity index (χ2n) is 5.59. The zero-order valence-corrected chi connectivity index (χ0v) is 13.8. The van der Waals surface area contributed by atoms with Crippen molar-refractivity contribution in [1.29, 1.82) is 0 Å². The first-order valence-electron chi connectivity index (χ1n) is 6.45. The maximum Gasteiger partial charge on any atom is 0.309 e. The number of aliphatic hydroxyl groups is 2. The molecule has 0 saturated carbocycles. The number of fused-ring (bicyclic) bond motifs is 1. The first-order chi connectivity index (χ1) is 9.83. The number of rotatable bonds is 2. The smallest absolute Gasteiger partial charge is 0.309 e. The molecular weight excluding hydrogens is 389 g/mol. The van der Waals surface area contributed by atoms with Crippen molar-refractivity contribution in [3.8, 4) is 0 Å². The molecule has 9 heteroatoms. The predicted molar refractivity (Wildman–Crippen MR) is 82.5 cm³/mol. The normalized spacial score (nSPS) is 36.4. The number of nitrogens with zero attached hydrogens (tertiary/aromatic N) is 3. The summed E-state index contributed by atoms with van der Waals surface area (Å²) in [6.45, 7) is 3.49. The number of ether oxygens (including phenoxy) is 1. The van der Waals surface area contributed by atoms with E-state index in [1.165, 1.54) is 6.33 Å². The van der Waals surface area contributed by atoms with Crippen LogP contribution in [-0.4, -0.2) is 47.4 Å². The van der Waals surface area contributed by atoms with Crippen LogP contribution in [0.15, 0.2) is 12.7 Å². The van der Waals surface area contributed by atoms with Crippen LogP contribution in [0.5, 0.6) is 0 Å². The van der Waals surface area contributed by atoms with Gasteiger partial charge in [0.15, 0.2) is 18.5 Å². The van der Waals surface area contributed by atoms with E-state index in [0.717, 1.165) is 0 Å². The molecule has 114 valence electrons. The fourth-order valence-corrected chi connectivity index (χ4v) is 3.36. The minimum Gasteiger partial charge on any atom is -0.387 e. The van der Waals surface area contributed by atoms with Gasteiger partial charge in [-0.3, -0.25) is 4.98 Å². The van der Waals surface area contributed by atoms with Crippen molar-refractivity contribution in [3.63, 3.8) is 0 Å². The monoisotopic (exact) mass is 406 g/mol. The largest absolute Gasteiger partial charge is 0.387 e. The third-order valence-corrected chi connectivity index (χ3v) is 5.59. The maximum absolute atomic E-state index is 10.5. The fraction of sp³-hybridized carbons (Fsp3) is 0.583. The molecular formula is C12H17IN5O3+. The van der Waals surface area contributed by atoms with Crippen LogP contribution in [0, 0.1) is 0 Å². The van der Waals surface area contributed by atoms with Gasteiger partial charge in [-0.2, -0.15) is 4.98 Å². The Bertz CT molecular complexity index is 695. The standard InChI is InChI=1S/C12H16IN5O3/c1-11(3-13)7(19)8(20)12(2,21-11)18-5-17-6-9(14)15-4-16-10(6)18/h4-5,7-8,19-20H,3H2,1-2H3,(H2,14,15,16)/p+1/t7?,8-,11?,12?/m0/s1. The van der Waals surface area contributed by atoms with E-state index in [4.69, 9.17) is 10.5 Å². The number of aromatic nitrogens is 4. The summed E-state index contributed by atoms with van der Waals surface area (Å²) in [5.41, 5.74) is 4.88. The summed E-state index contributed by atoms with van der Waals surface area (Å²) in [5, 5.41) is 20.8. The van der Waals surface area contributed by atoms with E-state index < -0.39 is 23.5 Å². The lowest BCUT2D eigenvalue weighted by Gasteiger charge is -2.27. The summed E-state index contributed by atoms with van der Waals surface area (Å²) in [5.74, 6) is 0.312. The molecule has 5 N–H and O–H groups in total. The summed E-state index contributed by atoms with van der Waals surface area (Å²) >= 11 is 2.13. The molecule has 0 amide bonds. The van der Waals surface area contributed by atoms with Crippen molar-refractivity contribution in [3.05, 3.63) is 12.7 Å². The molecule has 1 aliphatic rings. The summed E-state index contributed by atoms with van der Waals surface area (Å²) in [6.07, 6.45) is 0.860. The van der Waals surface area contributed by atoms with Crippen molar-refractivity contribution in [2.75, 3.05) is 10.2 Å². The van der Waals surface area contributed by atoms with Gasteiger partial charge < -0.3 is 20.7 Å². The van der Waals surface area contributed by atoms with Crippen molar-refractivity contribution in [2.24, 2.45) is 0 Å². The van der Waals surface area contributed by atoms with Crippen LogP contribution < -0.4 is 10.3 Å². The highest BCUT2D eigenvalue weighted by Gasteiger charge is 2.60. The molecule has 2 aromatic heterocycles. The SMILES string of the molecule is CC1(CI)OC(C)([n+]2c[nH]c3c(N)ncnc32)[C@@H](O)C1O. The Labute approximate surface area is 134 Å². The summed E-state index contributed by atoms with van der Waals surface area (Å²) in [7, 11) is 0. The van der Waals surface area contributed by atoms with E-state index in [1.807, 2.05) is 0 Å². The zero-order valence-electron chi connectivity index (χ0n) is 11.6. The fourth-order valence-electron chi connectivity index (χ4n) is 2.76. The molecule has 0 aliphatic carbocycles. The average Bonchev–Trinajstić information content (AvgIpc) is 2.97. The van der Waals surface area contributed by atoms with Gasteiger partial charge in [0.1, 0.15) is 17.8 Å². The number of alkyl halides is 1. The number of nitrogen functional groups attached to an aromatic ring is 1. The van der Waals surface area contributed by atoms with Gasteiger partial charge in [0, 0.05) is 11.4 Å². The molecule has 4 atom stereocenters. The minimum absolute atomic E-state index is 0.312. The molecule has 8 nitrogen and oxygen atoms in total. The van der Waals surface area contributed by atoms with E-state index in [-0.39, 0.29) is 0 Å². The number of aliphatic hydroxyl groups excluding tert-OH is 2. The molecule has 2 aromatic rings. The molecule has 3 rings (SSSR count). The van der Waals surface area contributed by atoms with Gasteiger partial charge in [-0.25, -0.2) is 4.57 Å². The number of aromatic amines is 1. The number of H-pyrrole nitrogens is 1. The van der Waals surface area contributed by atoms with Crippen molar-refractivity contribution in [2.45, 2.75) is 37.4 Å². The van der Waals surface area contributed by atoms with E-state index >= 15 is 0 Å². The number of anilines is 1. The molecule has 0 bridgehead atoms. The lowest BCUT2D eigenvalue weighted by Crippen LogP contribution is -2.60. The Hall–Kier alpha value is -1.04. The van der Waals surface area contributed by atoms with Gasteiger partial charge >= 0.3 is 5.65 Å². The number of nitrogens with one attached hydrogen (secondary N) is 1. The number of imidazole rings is 1. The first-order valence-corrected chi connectivity index (χ1v) is 7.98. The minimum atomic E-state index is -1.15. The number of hydrogen-bond donors (Lipinski definition) is 4. The van der Waals surface area contributed by atoms with Gasteiger partial charge in [0.05, 0.1) is 0 Å². The second-order valence-corrected chi connectivity index (χ2v) is 6.36. The van der Waals surface area contributed by atoms with Crippen LogP contribution in [0.1, 0.15) is 13.8 Å². The highest BCUT2D eigenvalue weighted by molar-refractivity contribution is 14.1. The van der Waals surface area contributed by atoms with E-state index in [1.54, 1.807) is 24.7 Å². The summed E-state index contributed by atoms with van der Waals surface area (Å²) in [6, 6.07) is 0. The number of halogens is 1. The molecule has 1 saturated heterocycles. The molecule has 21 heavy (non-hydrogen) atoms. The zero-order chi connectivity index (χ0) is 15.4. The highest BCUT2D eigenvalue weighted by atomic mass is 127. The number of hydrogen-bond acceptors (Lipinski definition) is 6. The van der Waals surface area contributed by atoms with Gasteiger partial charge in [0.2, 0.25) is 11.2 Å². The Kier molecular flexibility index (Phi) is 3.35. The maximum atomic E-state index is 10.5. The predicted octanol–water partition coefficient (Wildman–Crippen LogP) is -0.554. The highest BCUT2D eigenvalue weighted by Crippen LogP contribution is 2.40. The van der Waals surface area contributed by atoms with Crippen LogP contribution in [0.4, 0.5) is 5.82 Å². The number of nitrogens with two attached hydrogens (primary N) is 1. The van der Waals surface area contributed by atoms with E-state index in [2.05, 4.69) is 37.5 Å². The van der Waals surface area contributed by atoms with Gasteiger partial charge in [-0.15, -0.1) is 0 Å². The third-order valence-electron chi connectivity index (χ3n) is 4.08. The van der Waals surface area contributed by atoms with Crippen molar-refractivity contribution in [1.82, 2.24) is 15.0 Å². The van der Waals surface area contributed by atoms with E-state index in [0.29, 0.717) is 21.4 Å². The molecule has 0 spiro atoms. The molecule has 1 aliphatic heterocycles. The van der Waals surface area contributed by atoms with Crippen molar-refractivity contribution >= 4 is 39.6 Å². The van der Waals surface area contributed by atoms with Crippen LogP contribution in [-0.2, 0) is 10.5 Å². The third kappa shape index (κ3) is 1.94. The molecule has 3 heterocycles. The Morgan fingerprint density at radius 1 is 1.43 bits per heavy atom. The summed E-state index contributed by atoms with van der Waals surface area (Å²) < 4.78 is 8.22. The first kappa shape index (κ1) is 14.9. The Balaban J connectivity index is 2.16. The van der Waals surface area contributed by atoms with Crippen LogP contribution >= 0.6 is 22.6 Å². The molecule has 1 fully saturated rings. The van der Waals surface area contributed by atoms with Crippen LogP contribution in [0.2, 0.25) is 0 Å². The molecule has 0 aromatic carbocycles. The van der Waals surface area contributed by atoms with Gasteiger partial charge in [0.25, 0.3) is 0 Å². The van der Waals surface area contributed by atoms with Crippen LogP contribution in [0.3, 0.4) is 0 Å². The van der Waals surface area contributed by atoms with E-state index in [9.17, 15) is 10.2 Å². The van der Waals surface area contributed by atoms with Crippen LogP contribution in [0.25, 0.3) is 11.2 Å². The Morgan fingerprint density at radius 3 is 2.76 bits per heavy atom.